The second kappa shape index (κ2) is 7.13. The molecule has 0 aliphatic carbocycles. The van der Waals surface area contributed by atoms with Crippen LogP contribution in [0, 0.1) is 0 Å². The Morgan fingerprint density at radius 3 is 2.60 bits per heavy atom. The highest BCUT2D eigenvalue weighted by molar-refractivity contribution is 7.99. The van der Waals surface area contributed by atoms with Crippen molar-refractivity contribution >= 4 is 17.7 Å². The van der Waals surface area contributed by atoms with Gasteiger partial charge in [-0.05, 0) is 32.8 Å². The highest BCUT2D eigenvalue weighted by Gasteiger charge is 2.32. The van der Waals surface area contributed by atoms with Gasteiger partial charge in [0.1, 0.15) is 6.04 Å². The lowest BCUT2D eigenvalue weighted by molar-refractivity contribution is -0.139. The highest BCUT2D eigenvalue weighted by Crippen LogP contribution is 2.30. The molecular weight excluding hydrogens is 274 g/mol. The van der Waals surface area contributed by atoms with Crippen molar-refractivity contribution < 1.29 is 9.90 Å². The van der Waals surface area contributed by atoms with Crippen LogP contribution < -0.4 is 5.73 Å². The lowest BCUT2D eigenvalue weighted by Crippen LogP contribution is -2.46. The lowest BCUT2D eigenvalue weighted by atomic mass is 10.1. The molecule has 0 saturated carbocycles. The van der Waals surface area contributed by atoms with Gasteiger partial charge in [-0.2, -0.15) is 5.10 Å². The number of nitrogens with two attached hydrogens (primary N) is 1. The van der Waals surface area contributed by atoms with Crippen LogP contribution in [-0.4, -0.2) is 31.6 Å². The van der Waals surface area contributed by atoms with Gasteiger partial charge >= 0.3 is 5.97 Å². The smallest absolute Gasteiger partial charge is 0.321 e. The molecule has 0 bridgehead atoms. The molecule has 0 unspecified atom stereocenters. The zero-order valence-electron chi connectivity index (χ0n) is 12.7. The molecule has 0 aliphatic heterocycles. The summed E-state index contributed by atoms with van der Waals surface area (Å²) in [5.41, 5.74) is 6.67. The molecule has 6 heteroatoms. The van der Waals surface area contributed by atoms with Crippen molar-refractivity contribution in [3.05, 3.63) is 18.0 Å². The molecule has 0 fully saturated rings. The van der Waals surface area contributed by atoms with E-state index >= 15 is 0 Å². The summed E-state index contributed by atoms with van der Waals surface area (Å²) < 4.78 is 1.48. The van der Waals surface area contributed by atoms with E-state index < -0.39 is 16.8 Å². The van der Waals surface area contributed by atoms with Crippen molar-refractivity contribution in [1.29, 1.82) is 0 Å². The number of carbonyl (C=O) groups is 1. The molecule has 0 radical (unpaired) electrons. The summed E-state index contributed by atoms with van der Waals surface area (Å²) in [5.74, 6) is -0.300. The van der Waals surface area contributed by atoms with Crippen LogP contribution in [0.4, 0.5) is 0 Å². The number of hydrogen-bond acceptors (Lipinski definition) is 4. The first-order valence-corrected chi connectivity index (χ1v) is 7.96. The Balaban J connectivity index is 2.64. The Morgan fingerprint density at radius 1 is 1.50 bits per heavy atom. The number of carboxylic acid groups (broad SMARTS) is 1. The molecule has 1 aromatic heterocycles. The Morgan fingerprint density at radius 2 is 2.10 bits per heavy atom. The van der Waals surface area contributed by atoms with E-state index in [-0.39, 0.29) is 0 Å². The van der Waals surface area contributed by atoms with Gasteiger partial charge < -0.3 is 10.8 Å². The van der Waals surface area contributed by atoms with Crippen molar-refractivity contribution in [1.82, 2.24) is 9.78 Å². The number of thioether (sulfide) groups is 1. The third kappa shape index (κ3) is 4.24. The predicted molar refractivity (Wildman–Crippen MR) is 82.8 cm³/mol. The minimum absolute atomic E-state index is 0.433. The molecule has 0 spiro atoms. The molecule has 1 rings (SSSR count). The third-order valence-corrected chi connectivity index (χ3v) is 5.03. The topological polar surface area (TPSA) is 81.1 Å². The van der Waals surface area contributed by atoms with Crippen molar-refractivity contribution in [2.45, 2.75) is 63.1 Å². The van der Waals surface area contributed by atoms with E-state index in [1.807, 2.05) is 30.8 Å². The number of aliphatic carboxylic acids is 1. The molecule has 1 aromatic rings. The second-order valence-corrected chi connectivity index (χ2v) is 7.09. The fourth-order valence-electron chi connectivity index (χ4n) is 1.97. The summed E-state index contributed by atoms with van der Waals surface area (Å²) in [6.45, 7) is 8.02. The maximum absolute atomic E-state index is 11.0. The predicted octanol–water partition coefficient (Wildman–Crippen LogP) is 2.67. The first-order chi connectivity index (χ1) is 9.31. The van der Waals surface area contributed by atoms with Gasteiger partial charge in [0.25, 0.3) is 0 Å². The van der Waals surface area contributed by atoms with Gasteiger partial charge in [-0.15, -0.1) is 11.8 Å². The van der Waals surface area contributed by atoms with E-state index in [1.54, 1.807) is 0 Å². The number of rotatable bonds is 8. The van der Waals surface area contributed by atoms with Crippen molar-refractivity contribution in [2.24, 2.45) is 5.73 Å². The number of aromatic nitrogens is 2. The standard InChI is InChI=1S/C14H25N3O2S/c1-5-11(6-2)17-8-7-10(16-17)9-20-14(3,4)12(15)13(18)19/h7-8,11-12H,5-6,9,15H2,1-4H3,(H,18,19)/t12-/m0/s1. The molecule has 3 N–H and O–H groups in total. The van der Waals surface area contributed by atoms with Gasteiger partial charge in [-0.25, -0.2) is 0 Å². The normalized spacial score (nSPS) is 13.7. The zero-order chi connectivity index (χ0) is 15.3. The van der Waals surface area contributed by atoms with Gasteiger partial charge in [0.2, 0.25) is 0 Å². The molecule has 0 aliphatic rings. The molecule has 1 heterocycles. The van der Waals surface area contributed by atoms with Crippen LogP contribution in [0.15, 0.2) is 12.3 Å². The van der Waals surface area contributed by atoms with Crippen LogP contribution in [0.5, 0.6) is 0 Å². The average Bonchev–Trinajstić information content (AvgIpc) is 2.86. The van der Waals surface area contributed by atoms with Crippen LogP contribution in [0.1, 0.15) is 52.3 Å². The van der Waals surface area contributed by atoms with Gasteiger partial charge in [0.05, 0.1) is 11.7 Å². The van der Waals surface area contributed by atoms with Gasteiger partial charge in [0.15, 0.2) is 0 Å². The van der Waals surface area contributed by atoms with Crippen molar-refractivity contribution in [3.8, 4) is 0 Å². The maximum atomic E-state index is 11.0. The first-order valence-electron chi connectivity index (χ1n) is 6.98. The lowest BCUT2D eigenvalue weighted by Gasteiger charge is -2.27. The SMILES string of the molecule is CCC(CC)n1ccc(CSC(C)(C)[C@@H](N)C(=O)O)n1. The minimum atomic E-state index is -0.968. The average molecular weight is 299 g/mol. The van der Waals surface area contributed by atoms with Crippen LogP contribution in [0.2, 0.25) is 0 Å². The van der Waals surface area contributed by atoms with Crippen LogP contribution in [0.25, 0.3) is 0 Å². The van der Waals surface area contributed by atoms with E-state index in [4.69, 9.17) is 10.8 Å². The zero-order valence-corrected chi connectivity index (χ0v) is 13.5. The summed E-state index contributed by atoms with van der Waals surface area (Å²) in [6, 6.07) is 1.55. The van der Waals surface area contributed by atoms with E-state index in [9.17, 15) is 4.79 Å². The van der Waals surface area contributed by atoms with E-state index in [2.05, 4.69) is 18.9 Å². The monoisotopic (exact) mass is 299 g/mol. The minimum Gasteiger partial charge on any atom is -0.480 e. The van der Waals surface area contributed by atoms with Crippen LogP contribution >= 0.6 is 11.8 Å². The van der Waals surface area contributed by atoms with Gasteiger partial charge in [0, 0.05) is 16.7 Å². The Labute approximate surface area is 124 Å². The molecule has 5 nitrogen and oxygen atoms in total. The summed E-state index contributed by atoms with van der Waals surface area (Å²) in [5, 5.41) is 13.6. The second-order valence-electron chi connectivity index (χ2n) is 5.47. The number of hydrogen-bond donors (Lipinski definition) is 2. The van der Waals surface area contributed by atoms with E-state index in [1.165, 1.54) is 11.8 Å². The Hall–Kier alpha value is -1.01. The molecular formula is C14H25N3O2S. The largest absolute Gasteiger partial charge is 0.480 e. The summed E-state index contributed by atoms with van der Waals surface area (Å²) in [4.78, 5) is 11.0. The van der Waals surface area contributed by atoms with Crippen molar-refractivity contribution in [2.75, 3.05) is 0 Å². The number of carboxylic acids is 1. The molecule has 1 atom stereocenters. The van der Waals surface area contributed by atoms with Crippen molar-refractivity contribution in [3.63, 3.8) is 0 Å². The molecule has 0 saturated heterocycles. The molecule has 0 amide bonds. The van der Waals surface area contributed by atoms with E-state index in [0.29, 0.717) is 11.8 Å². The van der Waals surface area contributed by atoms with Gasteiger partial charge in [-0.1, -0.05) is 13.8 Å². The highest BCUT2D eigenvalue weighted by atomic mass is 32.2. The Bertz CT molecular complexity index is 441. The molecule has 20 heavy (non-hydrogen) atoms. The fraction of sp³-hybridized carbons (Fsp3) is 0.714. The summed E-state index contributed by atoms with van der Waals surface area (Å²) in [7, 11) is 0. The van der Waals surface area contributed by atoms with E-state index in [0.717, 1.165) is 18.5 Å². The maximum Gasteiger partial charge on any atom is 0.321 e. The van der Waals surface area contributed by atoms with Crippen LogP contribution in [0.3, 0.4) is 0 Å². The summed E-state index contributed by atoms with van der Waals surface area (Å²) in [6.07, 6.45) is 4.11. The van der Waals surface area contributed by atoms with Gasteiger partial charge in [-0.3, -0.25) is 9.48 Å². The summed E-state index contributed by atoms with van der Waals surface area (Å²) >= 11 is 1.53. The Kier molecular flexibility index (Phi) is 6.07. The number of nitrogens with zero attached hydrogens (tertiary/aromatic N) is 2. The quantitative estimate of drug-likeness (QED) is 0.771. The fourth-order valence-corrected chi connectivity index (χ4v) is 2.92. The molecule has 0 aromatic carbocycles. The molecule has 114 valence electrons. The van der Waals surface area contributed by atoms with Crippen LogP contribution in [-0.2, 0) is 10.5 Å². The first kappa shape index (κ1) is 17.0. The third-order valence-electron chi connectivity index (χ3n) is 3.59.